The van der Waals surface area contributed by atoms with Gasteiger partial charge >= 0.3 is 0 Å². The van der Waals surface area contributed by atoms with Gasteiger partial charge in [-0.25, -0.2) is 40.6 Å². The third kappa shape index (κ3) is 7.71. The second-order valence-electron chi connectivity index (χ2n) is 13.7. The Morgan fingerprint density at radius 2 is 1.22 bits per heavy atom. The van der Waals surface area contributed by atoms with E-state index in [-0.39, 0.29) is 64.8 Å². The maximum atomic E-state index is 14.2. The summed E-state index contributed by atoms with van der Waals surface area (Å²) in [6.07, 6.45) is 4.36. The molecule has 2 aliphatic rings. The molecule has 59 heavy (non-hydrogen) atoms. The predicted molar refractivity (Wildman–Crippen MR) is 204 cm³/mol. The summed E-state index contributed by atoms with van der Waals surface area (Å²) in [6.45, 7) is 0.284. The molecular weight excluding hydrogens is 811 g/mol. The number of halogens is 2. The number of sulfone groups is 2. The van der Waals surface area contributed by atoms with Crippen LogP contribution in [-0.4, -0.2) is 66.6 Å². The number of hydrogen-bond donors (Lipinski definition) is 1. The Kier molecular flexibility index (Phi) is 9.39. The van der Waals surface area contributed by atoms with Gasteiger partial charge in [-0.3, -0.25) is 14.2 Å². The second-order valence-corrected chi connectivity index (χ2v) is 17.8. The van der Waals surface area contributed by atoms with Gasteiger partial charge in [-0.15, -0.1) is 0 Å². The first kappa shape index (κ1) is 37.6. The van der Waals surface area contributed by atoms with E-state index >= 15 is 0 Å². The Hall–Kier alpha value is -7.00. The van der Waals surface area contributed by atoms with Gasteiger partial charge in [-0.1, -0.05) is 46.7 Å². The van der Waals surface area contributed by atoms with Crippen LogP contribution in [0.1, 0.15) is 33.6 Å². The molecule has 0 atom stereocenters. The van der Waals surface area contributed by atoms with Gasteiger partial charge in [0.05, 0.1) is 64.4 Å². The lowest BCUT2D eigenvalue weighted by atomic mass is 10.2. The van der Waals surface area contributed by atoms with Crippen LogP contribution in [0.2, 0.25) is 0 Å². The first-order chi connectivity index (χ1) is 28.4. The van der Waals surface area contributed by atoms with Crippen molar-refractivity contribution in [1.29, 1.82) is 0 Å². The summed E-state index contributed by atoms with van der Waals surface area (Å²) in [7, 11) is -6.56. The molecule has 0 unspecified atom stereocenters. The van der Waals surface area contributed by atoms with E-state index in [1.807, 2.05) is 0 Å². The van der Waals surface area contributed by atoms with E-state index in [0.717, 1.165) is 0 Å². The third-order valence-electron chi connectivity index (χ3n) is 9.50. The number of aromatic amines is 1. The van der Waals surface area contributed by atoms with E-state index in [9.17, 15) is 30.4 Å². The number of nitrogens with zero attached hydrogens (tertiary/aromatic N) is 9. The molecule has 8 aromatic rings. The van der Waals surface area contributed by atoms with Crippen LogP contribution < -0.4 is 5.56 Å². The average Bonchev–Trinajstić information content (AvgIpc) is 4.05. The van der Waals surface area contributed by atoms with E-state index in [1.54, 1.807) is 65.3 Å². The maximum Gasteiger partial charge on any atom is 0.255 e. The van der Waals surface area contributed by atoms with E-state index in [4.69, 9.17) is 9.05 Å². The maximum absolute atomic E-state index is 14.2. The van der Waals surface area contributed by atoms with Crippen LogP contribution in [0.4, 0.5) is 8.78 Å². The van der Waals surface area contributed by atoms with Gasteiger partial charge in [0.15, 0.2) is 31.3 Å². The molecular formula is C38H28F2N10O7S2. The molecule has 10 rings (SSSR count). The zero-order chi connectivity index (χ0) is 40.9. The lowest BCUT2D eigenvalue weighted by molar-refractivity contribution is 0.421. The highest BCUT2D eigenvalue weighted by Gasteiger charge is 2.30. The zero-order valence-corrected chi connectivity index (χ0v) is 32.0. The second kappa shape index (κ2) is 14.7. The molecule has 0 amide bonds. The number of aromatic nitrogens is 10. The van der Waals surface area contributed by atoms with Gasteiger partial charge in [-0.2, -0.15) is 10.2 Å². The van der Waals surface area contributed by atoms with Crippen molar-refractivity contribution in [2.45, 2.75) is 36.1 Å². The van der Waals surface area contributed by atoms with Crippen molar-refractivity contribution >= 4 is 19.7 Å². The number of nitrogens with one attached hydrogen (secondary N) is 1. The lowest BCUT2D eigenvalue weighted by Crippen LogP contribution is -2.15. The first-order valence-corrected chi connectivity index (χ1v) is 21.3. The van der Waals surface area contributed by atoms with E-state index in [0.29, 0.717) is 62.4 Å². The van der Waals surface area contributed by atoms with Gasteiger partial charge in [0.25, 0.3) is 5.56 Å². The quantitative estimate of drug-likeness (QED) is 0.222. The molecule has 21 heteroatoms. The van der Waals surface area contributed by atoms with Gasteiger partial charge in [-0.05, 0) is 24.3 Å². The highest BCUT2D eigenvalue weighted by atomic mass is 32.2. The van der Waals surface area contributed by atoms with Crippen LogP contribution in [0.25, 0.3) is 45.8 Å². The normalized spacial score (nSPS) is 14.7. The van der Waals surface area contributed by atoms with E-state index in [1.165, 1.54) is 35.5 Å². The Balaban J connectivity index is 0.000000152. The Morgan fingerprint density at radius 3 is 1.81 bits per heavy atom. The van der Waals surface area contributed by atoms with Crippen LogP contribution in [0.5, 0.6) is 0 Å². The van der Waals surface area contributed by atoms with Crippen molar-refractivity contribution in [3.63, 3.8) is 0 Å². The molecule has 17 nitrogen and oxygen atoms in total. The molecule has 0 saturated heterocycles. The zero-order valence-electron chi connectivity index (χ0n) is 30.4. The Bertz CT molecular complexity index is 3160. The lowest BCUT2D eigenvalue weighted by Gasteiger charge is -2.06. The fourth-order valence-corrected chi connectivity index (χ4v) is 9.68. The highest BCUT2D eigenvalue weighted by Crippen LogP contribution is 2.29. The molecule has 0 spiro atoms. The molecule has 298 valence electrons. The summed E-state index contributed by atoms with van der Waals surface area (Å²) in [5.74, 6) is -1.05. The van der Waals surface area contributed by atoms with Gasteiger partial charge in [0.1, 0.15) is 46.9 Å². The SMILES string of the molecule is O=S1(=O)Cc2cnc(-c3cc(-c4ccon4)n(Cc4ccccc4F)n3)nc2C1.O=c1[nH]c(-c2cc(-c3ccon3)n(Cc3ccccc3F)n2)nc2c1CS(=O)(=O)C2. The largest absolute Gasteiger partial charge is 0.364 e. The fraction of sp³-hybridized carbons (Fsp3) is 0.158. The number of hydrogen-bond acceptors (Lipinski definition) is 14. The minimum atomic E-state index is -3.38. The van der Waals surface area contributed by atoms with Gasteiger partial charge < -0.3 is 14.0 Å². The minimum Gasteiger partial charge on any atom is -0.364 e. The molecule has 0 radical (unpaired) electrons. The summed E-state index contributed by atoms with van der Waals surface area (Å²) in [4.78, 5) is 28.0. The summed E-state index contributed by atoms with van der Waals surface area (Å²) in [5.41, 5.74) is 4.71. The monoisotopic (exact) mass is 838 g/mol. The molecule has 0 bridgehead atoms. The number of fused-ring (bicyclic) bond motifs is 2. The van der Waals surface area contributed by atoms with E-state index < -0.39 is 25.2 Å². The van der Waals surface area contributed by atoms with Crippen LogP contribution >= 0.6 is 0 Å². The van der Waals surface area contributed by atoms with Crippen molar-refractivity contribution in [2.24, 2.45) is 0 Å². The van der Waals surface area contributed by atoms with Crippen molar-refractivity contribution in [2.75, 3.05) is 0 Å². The number of benzene rings is 2. The Labute approximate surface area is 332 Å². The average molecular weight is 839 g/mol. The molecule has 0 aliphatic carbocycles. The molecule has 0 fully saturated rings. The molecule has 8 heterocycles. The van der Waals surface area contributed by atoms with E-state index in [2.05, 4.69) is 40.4 Å². The Morgan fingerprint density at radius 1 is 0.661 bits per heavy atom. The van der Waals surface area contributed by atoms with Crippen LogP contribution in [0.15, 0.2) is 105 Å². The standard InChI is InChI=1S/C19H14FN5O4S.C19H14FN5O3S/c20-13-4-2-1-3-11(13)8-25-17(14-5-6-29-24-14)7-15(23-25)18-21-16-10-30(27,28)9-12(16)19(26)22-18;20-14-4-2-1-3-12(14)9-25-18(15-5-6-28-24-15)7-16(23-25)19-21-8-13-10-29(26,27)11-17(13)22-19/h1-7H,8-10H2,(H,21,22,26);1-8H,9-11H2. The molecule has 2 aliphatic heterocycles. The molecule has 1 N–H and O–H groups in total. The minimum absolute atomic E-state index is 0.0471. The fourth-order valence-electron chi connectivity index (χ4n) is 6.70. The number of rotatable bonds is 8. The molecule has 2 aromatic carbocycles. The highest BCUT2D eigenvalue weighted by molar-refractivity contribution is 7.90. The van der Waals surface area contributed by atoms with Crippen LogP contribution in [-0.2, 0) is 55.8 Å². The van der Waals surface area contributed by atoms with Crippen molar-refractivity contribution in [1.82, 2.24) is 49.8 Å². The topological polar surface area (TPSA) is 228 Å². The smallest absolute Gasteiger partial charge is 0.255 e. The summed E-state index contributed by atoms with van der Waals surface area (Å²) < 4.78 is 88.7. The van der Waals surface area contributed by atoms with Crippen molar-refractivity contribution in [3.8, 4) is 45.8 Å². The summed E-state index contributed by atoms with van der Waals surface area (Å²) >= 11 is 0. The number of H-pyrrole nitrogens is 1. The molecule has 6 aromatic heterocycles. The van der Waals surface area contributed by atoms with Crippen molar-refractivity contribution in [3.05, 3.63) is 147 Å². The first-order valence-electron chi connectivity index (χ1n) is 17.7. The summed E-state index contributed by atoms with van der Waals surface area (Å²) in [5, 5.41) is 16.8. The molecule has 0 saturated carbocycles. The van der Waals surface area contributed by atoms with Gasteiger partial charge in [0.2, 0.25) is 0 Å². The van der Waals surface area contributed by atoms with Crippen LogP contribution in [0, 0.1) is 11.6 Å². The summed E-state index contributed by atoms with van der Waals surface area (Å²) in [6, 6.07) is 19.4. The predicted octanol–water partition coefficient (Wildman–Crippen LogP) is 4.52. The van der Waals surface area contributed by atoms with Gasteiger partial charge in [0, 0.05) is 35.0 Å². The third-order valence-corrected chi connectivity index (χ3v) is 12.4. The van der Waals surface area contributed by atoms with Crippen LogP contribution in [0.3, 0.4) is 0 Å². The van der Waals surface area contributed by atoms with Crippen molar-refractivity contribution < 1.29 is 34.7 Å².